The topological polar surface area (TPSA) is 71.2 Å². The van der Waals surface area contributed by atoms with Gasteiger partial charge in [-0.05, 0) is 13.6 Å². The van der Waals surface area contributed by atoms with Crippen molar-refractivity contribution in [3.63, 3.8) is 0 Å². The first-order valence-electron chi connectivity index (χ1n) is 4.69. The van der Waals surface area contributed by atoms with Gasteiger partial charge < -0.3 is 9.84 Å². The summed E-state index contributed by atoms with van der Waals surface area (Å²) in [6, 6.07) is 0. The zero-order valence-corrected chi connectivity index (χ0v) is 9.61. The van der Waals surface area contributed by atoms with Gasteiger partial charge in [0.15, 0.2) is 6.61 Å². The highest BCUT2D eigenvalue weighted by atomic mass is 19.3. The van der Waals surface area contributed by atoms with Crippen molar-refractivity contribution < 1.29 is 23.4 Å². The van der Waals surface area contributed by atoms with E-state index >= 15 is 0 Å². The van der Waals surface area contributed by atoms with Gasteiger partial charge in [-0.3, -0.25) is 9.79 Å². The smallest absolute Gasteiger partial charge is 0.308 e. The molecule has 0 aliphatic rings. The molecule has 0 fully saturated rings. The van der Waals surface area contributed by atoms with Crippen LogP contribution in [0.15, 0.2) is 21.6 Å². The largest absolute Gasteiger partial charge is 0.481 e. The second kappa shape index (κ2) is 6.72. The maximum Gasteiger partial charge on any atom is 0.308 e. The van der Waals surface area contributed by atoms with Crippen molar-refractivity contribution in [3.05, 3.63) is 11.6 Å². The minimum Gasteiger partial charge on any atom is -0.481 e. The Morgan fingerprint density at radius 1 is 1.59 bits per heavy atom. The van der Waals surface area contributed by atoms with Crippen LogP contribution in [-0.4, -0.2) is 36.5 Å². The first-order chi connectivity index (χ1) is 7.76. The van der Waals surface area contributed by atoms with Gasteiger partial charge in [0.2, 0.25) is 5.88 Å². The summed E-state index contributed by atoms with van der Waals surface area (Å²) in [5.41, 5.74) is 0.205. The van der Waals surface area contributed by atoms with Crippen LogP contribution in [0.5, 0.6) is 0 Å². The molecule has 1 N–H and O–H groups in total. The third-order valence-electron chi connectivity index (χ3n) is 1.48. The maximum absolute atomic E-state index is 12.6. The van der Waals surface area contributed by atoms with Crippen molar-refractivity contribution in [2.45, 2.75) is 26.2 Å². The van der Waals surface area contributed by atoms with Crippen molar-refractivity contribution in [1.82, 2.24) is 0 Å². The number of allylic oxidation sites excluding steroid dienone is 1. The molecule has 0 unspecified atom stereocenters. The fraction of sp³-hybridized carbons (Fsp3) is 0.500. The van der Waals surface area contributed by atoms with Crippen LogP contribution >= 0.6 is 0 Å². The molecule has 7 heteroatoms. The fourth-order valence-corrected chi connectivity index (χ4v) is 0.704. The molecule has 0 spiro atoms. The highest BCUT2D eigenvalue weighted by molar-refractivity contribution is 5.84. The van der Waals surface area contributed by atoms with Crippen LogP contribution in [0.25, 0.3) is 0 Å². The molecule has 0 aliphatic heterocycles. The lowest BCUT2D eigenvalue weighted by Crippen LogP contribution is -2.18. The Hall–Kier alpha value is -1.79. The predicted molar refractivity (Wildman–Crippen MR) is 59.6 cm³/mol. The second-order valence-corrected chi connectivity index (χ2v) is 3.32. The molecular weight excluding hydrogens is 234 g/mol. The predicted octanol–water partition coefficient (Wildman–Crippen LogP) is 2.09. The van der Waals surface area contributed by atoms with Gasteiger partial charge in [0.25, 0.3) is 5.92 Å². The molecule has 0 aromatic heterocycles. The monoisotopic (exact) mass is 248 g/mol. The van der Waals surface area contributed by atoms with E-state index in [0.717, 1.165) is 6.21 Å². The number of carbonyl (C=O) groups is 1. The van der Waals surface area contributed by atoms with Crippen LogP contribution < -0.4 is 0 Å². The second-order valence-electron chi connectivity index (χ2n) is 3.32. The lowest BCUT2D eigenvalue weighted by molar-refractivity contribution is -0.135. The van der Waals surface area contributed by atoms with E-state index in [4.69, 9.17) is 9.84 Å². The number of alkyl halides is 2. The van der Waals surface area contributed by atoms with Gasteiger partial charge in [-0.25, -0.2) is 13.8 Å². The Bertz CT molecular complexity index is 346. The Labute approximate surface area is 97.5 Å². The van der Waals surface area contributed by atoms with E-state index in [2.05, 4.69) is 16.7 Å². The van der Waals surface area contributed by atoms with Crippen molar-refractivity contribution in [1.29, 1.82) is 0 Å². The summed E-state index contributed by atoms with van der Waals surface area (Å²) in [5.74, 6) is -4.25. The minimum absolute atomic E-state index is 0.164. The molecule has 0 amide bonds. The molecule has 0 radical (unpaired) electrons. The highest BCUT2D eigenvalue weighted by Crippen LogP contribution is 2.16. The summed E-state index contributed by atoms with van der Waals surface area (Å²) in [6.07, 6.45) is 0.708. The van der Waals surface area contributed by atoms with Crippen LogP contribution in [0.4, 0.5) is 8.78 Å². The molecule has 0 bridgehead atoms. The van der Waals surface area contributed by atoms with E-state index in [1.807, 2.05) is 0 Å². The summed E-state index contributed by atoms with van der Waals surface area (Å²) in [6.45, 7) is 4.51. The van der Waals surface area contributed by atoms with Gasteiger partial charge in [-0.15, -0.1) is 0 Å². The summed E-state index contributed by atoms with van der Waals surface area (Å²) < 4.78 is 29.9. The van der Waals surface area contributed by atoms with Crippen LogP contribution in [0.3, 0.4) is 0 Å². The molecule has 0 saturated carbocycles. The van der Waals surface area contributed by atoms with E-state index < -0.39 is 18.5 Å². The number of hydrogen-bond donors (Lipinski definition) is 1. The number of aliphatic imine (C=N–C) groups is 2. The van der Waals surface area contributed by atoms with Gasteiger partial charge >= 0.3 is 5.97 Å². The van der Waals surface area contributed by atoms with Gasteiger partial charge in [0, 0.05) is 13.1 Å². The third kappa shape index (κ3) is 8.06. The van der Waals surface area contributed by atoms with Crippen LogP contribution in [0, 0.1) is 0 Å². The Morgan fingerprint density at radius 3 is 2.59 bits per heavy atom. The molecule has 96 valence electrons. The van der Waals surface area contributed by atoms with E-state index in [9.17, 15) is 13.6 Å². The quantitative estimate of drug-likeness (QED) is 0.554. The first kappa shape index (κ1) is 15.2. The summed E-state index contributed by atoms with van der Waals surface area (Å²) in [4.78, 5) is 17.3. The van der Waals surface area contributed by atoms with Gasteiger partial charge in [0.05, 0.1) is 12.1 Å². The molecule has 17 heavy (non-hydrogen) atoms. The normalized spacial score (nSPS) is 13.4. The van der Waals surface area contributed by atoms with Crippen LogP contribution in [0.2, 0.25) is 0 Å². The van der Waals surface area contributed by atoms with Gasteiger partial charge in [-0.2, -0.15) is 0 Å². The van der Waals surface area contributed by atoms with E-state index in [1.54, 1.807) is 0 Å². The molecule has 0 aromatic carbocycles. The maximum atomic E-state index is 12.6. The molecule has 0 aromatic rings. The highest BCUT2D eigenvalue weighted by Gasteiger charge is 2.22. The number of aliphatic carboxylic acids is 1. The number of rotatable bonds is 7. The number of nitrogens with zero attached hydrogens (tertiary/aromatic N) is 2. The number of hydrogen-bond acceptors (Lipinski definition) is 4. The van der Waals surface area contributed by atoms with Gasteiger partial charge in [0.1, 0.15) is 0 Å². The zero-order chi connectivity index (χ0) is 13.5. The molecule has 0 heterocycles. The average Bonchev–Trinajstić information content (AvgIpc) is 2.20. The Balaban J connectivity index is 4.63. The van der Waals surface area contributed by atoms with Gasteiger partial charge in [-0.1, -0.05) is 0 Å². The van der Waals surface area contributed by atoms with Crippen molar-refractivity contribution >= 4 is 18.9 Å². The van der Waals surface area contributed by atoms with Crippen LogP contribution in [0.1, 0.15) is 20.3 Å². The Morgan fingerprint density at radius 2 is 2.18 bits per heavy atom. The molecule has 0 saturated heterocycles. The fourth-order valence-electron chi connectivity index (χ4n) is 0.704. The standard InChI is InChI=1S/C10H14F2N2O3/c1-7(13-3)9(14-5-4-8(15)16)17-6-10(2,11)12/h5H,3-4,6H2,1-2H3,(H,15,16)/b9-7+,14-5-. The van der Waals surface area contributed by atoms with Crippen molar-refractivity contribution in [2.24, 2.45) is 9.98 Å². The molecule has 5 nitrogen and oxygen atoms in total. The van der Waals surface area contributed by atoms with Crippen LogP contribution in [-0.2, 0) is 9.53 Å². The summed E-state index contributed by atoms with van der Waals surface area (Å²) in [5, 5.41) is 8.38. The summed E-state index contributed by atoms with van der Waals surface area (Å²) in [7, 11) is 0. The molecule has 0 aliphatic carbocycles. The van der Waals surface area contributed by atoms with Crippen molar-refractivity contribution in [3.8, 4) is 0 Å². The SMILES string of the molecule is C=N/C(C)=C(\N=C/CC(=O)O)OCC(C)(F)F. The first-order valence-corrected chi connectivity index (χ1v) is 4.69. The average molecular weight is 248 g/mol. The van der Waals surface area contributed by atoms with E-state index in [0.29, 0.717) is 6.92 Å². The number of carboxylic acid groups (broad SMARTS) is 1. The summed E-state index contributed by atoms with van der Waals surface area (Å²) >= 11 is 0. The Kier molecular flexibility index (Phi) is 6.01. The number of carboxylic acids is 1. The van der Waals surface area contributed by atoms with E-state index in [1.165, 1.54) is 6.92 Å². The number of halogens is 2. The third-order valence-corrected chi connectivity index (χ3v) is 1.48. The lowest BCUT2D eigenvalue weighted by atomic mass is 10.4. The minimum atomic E-state index is -3.00. The van der Waals surface area contributed by atoms with E-state index in [-0.39, 0.29) is 18.0 Å². The molecule has 0 atom stereocenters. The lowest BCUT2D eigenvalue weighted by Gasteiger charge is -2.12. The molecule has 0 rings (SSSR count). The zero-order valence-electron chi connectivity index (χ0n) is 9.61. The number of ether oxygens (including phenoxy) is 1. The molecular formula is C10H14F2N2O3. The van der Waals surface area contributed by atoms with Crippen molar-refractivity contribution in [2.75, 3.05) is 6.61 Å².